The van der Waals surface area contributed by atoms with E-state index in [0.29, 0.717) is 6.61 Å². The van der Waals surface area contributed by atoms with Gasteiger partial charge in [-0.05, 0) is 46.1 Å². The molecule has 2 aliphatic heterocycles. The van der Waals surface area contributed by atoms with Crippen LogP contribution in [0, 0.1) is 0 Å². The van der Waals surface area contributed by atoms with Crippen LogP contribution in [-0.4, -0.2) is 52.3 Å². The summed E-state index contributed by atoms with van der Waals surface area (Å²) in [5, 5.41) is 0. The van der Waals surface area contributed by atoms with E-state index < -0.39 is 6.43 Å². The van der Waals surface area contributed by atoms with Crippen molar-refractivity contribution in [3.8, 4) is 5.88 Å². The lowest BCUT2D eigenvalue weighted by Crippen LogP contribution is -2.47. The zero-order valence-electron chi connectivity index (χ0n) is 14.3. The molecule has 2 aliphatic rings. The van der Waals surface area contributed by atoms with Gasteiger partial charge in [0.2, 0.25) is 5.88 Å². The standard InChI is InChI=1S/C17H25F2N3O2/c1-12(2)24-10-17-5-3-7-22(17)13(4-6-17)9-23-15-8-14(16(18)19)20-11-21-15/h8,11-13,16H,3-7,9-10H2,1-2H3/t13-,17-/m0/s1. The summed E-state index contributed by atoms with van der Waals surface area (Å²) in [6.45, 7) is 6.37. The molecule has 134 valence electrons. The van der Waals surface area contributed by atoms with Gasteiger partial charge >= 0.3 is 0 Å². The third-order valence-corrected chi connectivity index (χ3v) is 5.03. The van der Waals surface area contributed by atoms with Crippen LogP contribution in [0.25, 0.3) is 0 Å². The second-order valence-electron chi connectivity index (χ2n) is 6.97. The molecule has 3 heterocycles. The molecule has 7 heteroatoms. The second kappa shape index (κ2) is 7.27. The zero-order valence-corrected chi connectivity index (χ0v) is 14.3. The number of halogens is 2. The predicted molar refractivity (Wildman–Crippen MR) is 85.3 cm³/mol. The van der Waals surface area contributed by atoms with E-state index in [4.69, 9.17) is 9.47 Å². The van der Waals surface area contributed by atoms with Crippen LogP contribution in [0.3, 0.4) is 0 Å². The van der Waals surface area contributed by atoms with Crippen molar-refractivity contribution in [2.24, 2.45) is 0 Å². The van der Waals surface area contributed by atoms with E-state index >= 15 is 0 Å². The molecule has 1 aromatic rings. The van der Waals surface area contributed by atoms with E-state index in [2.05, 4.69) is 28.7 Å². The van der Waals surface area contributed by atoms with Gasteiger partial charge in [-0.3, -0.25) is 4.90 Å². The Morgan fingerprint density at radius 3 is 2.92 bits per heavy atom. The molecule has 2 fully saturated rings. The van der Waals surface area contributed by atoms with Gasteiger partial charge in [-0.25, -0.2) is 18.7 Å². The molecular formula is C17H25F2N3O2. The third-order valence-electron chi connectivity index (χ3n) is 5.03. The van der Waals surface area contributed by atoms with Crippen LogP contribution in [0.5, 0.6) is 5.88 Å². The van der Waals surface area contributed by atoms with Crippen molar-refractivity contribution < 1.29 is 18.3 Å². The lowest BCUT2D eigenvalue weighted by Gasteiger charge is -2.35. The topological polar surface area (TPSA) is 47.5 Å². The molecule has 0 N–H and O–H groups in total. The molecule has 2 saturated heterocycles. The first-order valence-corrected chi connectivity index (χ1v) is 8.61. The first-order valence-electron chi connectivity index (χ1n) is 8.61. The van der Waals surface area contributed by atoms with E-state index in [1.807, 2.05) is 0 Å². The highest BCUT2D eigenvalue weighted by Crippen LogP contribution is 2.42. The molecule has 0 aliphatic carbocycles. The minimum atomic E-state index is -2.61. The van der Waals surface area contributed by atoms with Gasteiger partial charge in [0, 0.05) is 17.6 Å². The maximum atomic E-state index is 12.7. The minimum Gasteiger partial charge on any atom is -0.476 e. The number of aromatic nitrogens is 2. The molecule has 5 nitrogen and oxygen atoms in total. The molecule has 0 aromatic carbocycles. The molecule has 24 heavy (non-hydrogen) atoms. The van der Waals surface area contributed by atoms with Crippen LogP contribution in [0.1, 0.15) is 51.7 Å². The predicted octanol–water partition coefficient (Wildman–Crippen LogP) is 3.22. The maximum Gasteiger partial charge on any atom is 0.280 e. The largest absolute Gasteiger partial charge is 0.476 e. The minimum absolute atomic E-state index is 0.123. The van der Waals surface area contributed by atoms with E-state index in [1.165, 1.54) is 12.5 Å². The molecule has 3 rings (SSSR count). The Kier molecular flexibility index (Phi) is 5.30. The fourth-order valence-corrected chi connectivity index (χ4v) is 3.84. The van der Waals surface area contributed by atoms with Crippen molar-refractivity contribution in [2.75, 3.05) is 19.8 Å². The number of nitrogens with zero attached hydrogens (tertiary/aromatic N) is 3. The molecule has 0 radical (unpaired) electrons. The quantitative estimate of drug-likeness (QED) is 0.762. The summed E-state index contributed by atoms with van der Waals surface area (Å²) in [7, 11) is 0. The summed E-state index contributed by atoms with van der Waals surface area (Å²) in [6, 6.07) is 1.51. The number of hydrogen-bond acceptors (Lipinski definition) is 5. The molecular weight excluding hydrogens is 316 g/mol. The summed E-state index contributed by atoms with van der Waals surface area (Å²) >= 11 is 0. The zero-order chi connectivity index (χ0) is 17.2. The Labute approximate surface area is 141 Å². The first-order chi connectivity index (χ1) is 11.5. The highest BCUT2D eigenvalue weighted by Gasteiger charge is 2.49. The molecule has 2 atom stereocenters. The Balaban J connectivity index is 1.59. The lowest BCUT2D eigenvalue weighted by molar-refractivity contribution is -0.00913. The molecule has 0 bridgehead atoms. The average Bonchev–Trinajstić information content (AvgIpc) is 3.11. The van der Waals surface area contributed by atoms with Crippen LogP contribution in [0.4, 0.5) is 8.78 Å². The van der Waals surface area contributed by atoms with Crippen molar-refractivity contribution in [2.45, 2.75) is 63.6 Å². The molecule has 0 amide bonds. The number of rotatable bonds is 7. The highest BCUT2D eigenvalue weighted by atomic mass is 19.3. The van der Waals surface area contributed by atoms with Crippen molar-refractivity contribution in [3.05, 3.63) is 18.1 Å². The van der Waals surface area contributed by atoms with Crippen molar-refractivity contribution in [3.63, 3.8) is 0 Å². The molecule has 0 spiro atoms. The van der Waals surface area contributed by atoms with Crippen LogP contribution in [0.15, 0.2) is 12.4 Å². The maximum absolute atomic E-state index is 12.7. The second-order valence-corrected chi connectivity index (χ2v) is 6.97. The first kappa shape index (κ1) is 17.5. The van der Waals surface area contributed by atoms with Gasteiger partial charge in [-0.2, -0.15) is 0 Å². The summed E-state index contributed by atoms with van der Waals surface area (Å²) in [6.07, 6.45) is 3.20. The Hall–Kier alpha value is -1.34. The monoisotopic (exact) mass is 341 g/mol. The summed E-state index contributed by atoms with van der Waals surface area (Å²) in [5.41, 5.74) is -0.176. The van der Waals surface area contributed by atoms with Crippen LogP contribution < -0.4 is 4.74 Å². The van der Waals surface area contributed by atoms with E-state index in [9.17, 15) is 8.78 Å². The van der Waals surface area contributed by atoms with Gasteiger partial charge < -0.3 is 9.47 Å². The Morgan fingerprint density at radius 2 is 2.17 bits per heavy atom. The molecule has 0 unspecified atom stereocenters. The SMILES string of the molecule is CC(C)OC[C@@]12CCCN1[C@H](COc1cc(C(F)F)ncn1)CC2. The normalized spacial score (nSPS) is 27.2. The van der Waals surface area contributed by atoms with Gasteiger partial charge in [0.1, 0.15) is 18.6 Å². The summed E-state index contributed by atoms with van der Waals surface area (Å²) in [5.74, 6) is 0.218. The Bertz CT molecular complexity index is 558. The van der Waals surface area contributed by atoms with Gasteiger partial charge in [0.25, 0.3) is 6.43 Å². The van der Waals surface area contributed by atoms with Gasteiger partial charge in [0.15, 0.2) is 0 Å². The van der Waals surface area contributed by atoms with Gasteiger partial charge in [-0.1, -0.05) is 0 Å². The van der Waals surface area contributed by atoms with Crippen molar-refractivity contribution in [1.29, 1.82) is 0 Å². The van der Waals surface area contributed by atoms with E-state index in [-0.39, 0.29) is 29.3 Å². The molecule has 0 saturated carbocycles. The van der Waals surface area contributed by atoms with Crippen molar-refractivity contribution >= 4 is 0 Å². The fraction of sp³-hybridized carbons (Fsp3) is 0.765. The third kappa shape index (κ3) is 3.67. The number of hydrogen-bond donors (Lipinski definition) is 0. The van der Waals surface area contributed by atoms with Gasteiger partial charge in [0.05, 0.1) is 12.7 Å². The van der Waals surface area contributed by atoms with E-state index in [1.54, 1.807) is 0 Å². The summed E-state index contributed by atoms with van der Waals surface area (Å²) < 4.78 is 37.0. The highest BCUT2D eigenvalue weighted by molar-refractivity contribution is 5.14. The molecule has 1 aromatic heterocycles. The van der Waals surface area contributed by atoms with E-state index in [0.717, 1.165) is 38.7 Å². The van der Waals surface area contributed by atoms with Crippen molar-refractivity contribution in [1.82, 2.24) is 14.9 Å². The van der Waals surface area contributed by atoms with Gasteiger partial charge in [-0.15, -0.1) is 0 Å². The summed E-state index contributed by atoms with van der Waals surface area (Å²) in [4.78, 5) is 9.98. The smallest absolute Gasteiger partial charge is 0.280 e. The van der Waals surface area contributed by atoms with Crippen LogP contribution >= 0.6 is 0 Å². The lowest BCUT2D eigenvalue weighted by atomic mass is 9.95. The Morgan fingerprint density at radius 1 is 1.33 bits per heavy atom. The number of ether oxygens (including phenoxy) is 2. The average molecular weight is 341 g/mol. The number of fused-ring (bicyclic) bond motifs is 1. The van der Waals surface area contributed by atoms with Crippen LogP contribution in [0.2, 0.25) is 0 Å². The number of alkyl halides is 2. The van der Waals surface area contributed by atoms with Crippen LogP contribution in [-0.2, 0) is 4.74 Å². The fourth-order valence-electron chi connectivity index (χ4n) is 3.84.